The number of thioether (sulfide) groups is 1. The summed E-state index contributed by atoms with van der Waals surface area (Å²) < 4.78 is 20.5. The second-order valence-corrected chi connectivity index (χ2v) is 7.02. The number of aliphatic hydroxyl groups is 1. The number of hydrogen-bond acceptors (Lipinski definition) is 9. The molecule has 0 amide bonds. The number of hydrogen-bond donors (Lipinski definition) is 1. The van der Waals surface area contributed by atoms with Crippen LogP contribution in [-0.4, -0.2) is 73.0 Å². The summed E-state index contributed by atoms with van der Waals surface area (Å²) in [6.45, 7) is 9.84. The van der Waals surface area contributed by atoms with Crippen molar-refractivity contribution < 1.29 is 33.6 Å². The van der Waals surface area contributed by atoms with E-state index in [-0.39, 0.29) is 32.4 Å². The van der Waals surface area contributed by atoms with Crippen LogP contribution in [0.3, 0.4) is 0 Å². The molecule has 0 saturated heterocycles. The van der Waals surface area contributed by atoms with Gasteiger partial charge in [0, 0.05) is 5.75 Å². The molecule has 1 atom stereocenters. The smallest absolute Gasteiger partial charge is 0.334 e. The van der Waals surface area contributed by atoms with E-state index in [9.17, 15) is 9.59 Å². The summed E-state index contributed by atoms with van der Waals surface area (Å²) in [5.41, 5.74) is -0.294. The summed E-state index contributed by atoms with van der Waals surface area (Å²) in [6.07, 6.45) is 4.83. The Kier molecular flexibility index (Phi) is 11.3. The number of nitrogens with zero attached hydrogens (tertiary/aromatic N) is 1. The first-order chi connectivity index (χ1) is 13.9. The van der Waals surface area contributed by atoms with Crippen LogP contribution in [0, 0.1) is 0 Å². The van der Waals surface area contributed by atoms with E-state index in [1.807, 2.05) is 0 Å². The number of aliphatic imine (C=N–C) groups is 1. The molecule has 8 nitrogen and oxygen atoms in total. The zero-order chi connectivity index (χ0) is 21.7. The quantitative estimate of drug-likeness (QED) is 0.206. The molecular weight excluding hydrogens is 398 g/mol. The molecule has 1 aliphatic heterocycles. The van der Waals surface area contributed by atoms with Crippen LogP contribution in [0.5, 0.6) is 0 Å². The van der Waals surface area contributed by atoms with Crippen molar-refractivity contribution in [2.45, 2.75) is 26.3 Å². The molecule has 0 saturated carbocycles. The molecule has 1 heterocycles. The first kappa shape index (κ1) is 24.9. The van der Waals surface area contributed by atoms with Crippen LogP contribution >= 0.6 is 11.8 Å². The average molecular weight is 428 g/mol. The van der Waals surface area contributed by atoms with Crippen LogP contribution in [0.15, 0.2) is 41.1 Å². The topological polar surface area (TPSA) is 104 Å². The van der Waals surface area contributed by atoms with Gasteiger partial charge in [-0.2, -0.15) is 0 Å². The zero-order valence-electron chi connectivity index (χ0n) is 17.1. The molecule has 0 aromatic rings. The van der Waals surface area contributed by atoms with E-state index in [2.05, 4.69) is 11.6 Å². The number of carbonyl (C=O) groups is 2. The summed E-state index contributed by atoms with van der Waals surface area (Å²) in [6, 6.07) is 0. The highest BCUT2D eigenvalue weighted by molar-refractivity contribution is 8.14. The molecule has 1 rings (SSSR count). The maximum absolute atomic E-state index is 12.0. The van der Waals surface area contributed by atoms with Crippen LogP contribution in [0.25, 0.3) is 0 Å². The lowest BCUT2D eigenvalue weighted by atomic mass is 10.1. The molecule has 0 aromatic heterocycles. The van der Waals surface area contributed by atoms with Gasteiger partial charge in [-0.15, -0.1) is 11.8 Å². The van der Waals surface area contributed by atoms with Gasteiger partial charge in [0.1, 0.15) is 19.0 Å². The second-order valence-electron chi connectivity index (χ2n) is 6.05. The zero-order valence-corrected chi connectivity index (χ0v) is 18.0. The second kappa shape index (κ2) is 13.2. The van der Waals surface area contributed by atoms with Gasteiger partial charge in [0.2, 0.25) is 0 Å². The Morgan fingerprint density at radius 2 is 1.93 bits per heavy atom. The Hall–Kier alpha value is -2.10. The van der Waals surface area contributed by atoms with Gasteiger partial charge in [0.05, 0.1) is 31.5 Å². The minimum atomic E-state index is -0.913. The van der Waals surface area contributed by atoms with Crippen molar-refractivity contribution in [2.24, 2.45) is 4.99 Å². The van der Waals surface area contributed by atoms with Gasteiger partial charge in [0.15, 0.2) is 5.54 Å². The van der Waals surface area contributed by atoms with Crippen LogP contribution in [-0.2, 0) is 28.5 Å². The number of rotatable bonds is 13. The summed E-state index contributed by atoms with van der Waals surface area (Å²) in [5, 5.41) is 9.79. The largest absolute Gasteiger partial charge is 0.491 e. The van der Waals surface area contributed by atoms with Crippen LogP contribution in [0.4, 0.5) is 0 Å². The van der Waals surface area contributed by atoms with Crippen molar-refractivity contribution in [3.8, 4) is 0 Å². The maximum atomic E-state index is 12.0. The number of carbonyl (C=O) groups excluding carboxylic acids is 2. The van der Waals surface area contributed by atoms with Crippen LogP contribution in [0.2, 0.25) is 0 Å². The van der Waals surface area contributed by atoms with Gasteiger partial charge in [-0.3, -0.25) is 4.99 Å². The minimum Gasteiger partial charge on any atom is -0.491 e. The molecule has 0 spiro atoms. The normalized spacial score (nSPS) is 19.2. The van der Waals surface area contributed by atoms with Crippen LogP contribution < -0.4 is 0 Å². The lowest BCUT2D eigenvalue weighted by Gasteiger charge is -2.16. The van der Waals surface area contributed by atoms with E-state index < -0.39 is 11.5 Å². The fourth-order valence-corrected chi connectivity index (χ4v) is 3.27. The van der Waals surface area contributed by atoms with E-state index in [1.54, 1.807) is 32.9 Å². The van der Waals surface area contributed by atoms with Gasteiger partial charge in [-0.05, 0) is 44.6 Å². The Morgan fingerprint density at radius 3 is 2.59 bits per heavy atom. The maximum Gasteiger partial charge on any atom is 0.334 e. The highest BCUT2D eigenvalue weighted by Gasteiger charge is 2.39. The van der Waals surface area contributed by atoms with Gasteiger partial charge < -0.3 is 24.1 Å². The van der Waals surface area contributed by atoms with E-state index in [0.717, 1.165) is 0 Å². The summed E-state index contributed by atoms with van der Waals surface area (Å²) >= 11 is 1.43. The van der Waals surface area contributed by atoms with Gasteiger partial charge in [0.25, 0.3) is 0 Å². The predicted octanol–water partition coefficient (Wildman–Crippen LogP) is 2.04. The predicted molar refractivity (Wildman–Crippen MR) is 112 cm³/mol. The van der Waals surface area contributed by atoms with Gasteiger partial charge >= 0.3 is 11.9 Å². The summed E-state index contributed by atoms with van der Waals surface area (Å²) in [5.74, 6) is 0.123. The fourth-order valence-electron chi connectivity index (χ4n) is 2.15. The van der Waals surface area contributed by atoms with Crippen molar-refractivity contribution in [1.82, 2.24) is 0 Å². The Bertz CT molecular complexity index is 672. The molecule has 1 N–H and O–H groups in total. The molecule has 9 heteroatoms. The summed E-state index contributed by atoms with van der Waals surface area (Å²) in [4.78, 5) is 27.7. The van der Waals surface area contributed by atoms with E-state index in [4.69, 9.17) is 24.1 Å². The van der Waals surface area contributed by atoms with Crippen molar-refractivity contribution in [3.63, 3.8) is 0 Å². The first-order valence-electron chi connectivity index (χ1n) is 9.30. The molecule has 0 aliphatic carbocycles. The lowest BCUT2D eigenvalue weighted by molar-refractivity contribution is -0.149. The van der Waals surface area contributed by atoms with Crippen molar-refractivity contribution >= 4 is 28.7 Å². The molecule has 162 valence electrons. The monoisotopic (exact) mass is 427 g/mol. The van der Waals surface area contributed by atoms with Crippen molar-refractivity contribution in [1.29, 1.82) is 0 Å². The SMILES string of the molecule is C=C(/C=C\C(=C/CO)OCCOCC(=O)OCC)C1=N[C@@](C)(C(=O)OCC)CS1. The Morgan fingerprint density at radius 1 is 1.21 bits per heavy atom. The van der Waals surface area contributed by atoms with Gasteiger partial charge in [-0.1, -0.05) is 6.58 Å². The highest BCUT2D eigenvalue weighted by Crippen LogP contribution is 2.32. The molecular formula is C20H29NO7S. The Labute approximate surface area is 175 Å². The first-order valence-corrected chi connectivity index (χ1v) is 10.3. The third-order valence-corrected chi connectivity index (χ3v) is 4.92. The number of ether oxygens (including phenoxy) is 4. The number of esters is 2. The molecule has 0 fully saturated rings. The molecule has 0 unspecified atom stereocenters. The third-order valence-electron chi connectivity index (χ3n) is 3.59. The van der Waals surface area contributed by atoms with Crippen LogP contribution in [0.1, 0.15) is 20.8 Å². The number of aliphatic hydroxyl groups excluding tert-OH is 1. The highest BCUT2D eigenvalue weighted by atomic mass is 32.2. The van der Waals surface area contributed by atoms with E-state index in [0.29, 0.717) is 35.3 Å². The molecule has 0 aromatic carbocycles. The average Bonchev–Trinajstić information content (AvgIpc) is 3.09. The third kappa shape index (κ3) is 8.84. The van der Waals surface area contributed by atoms with E-state index in [1.165, 1.54) is 17.8 Å². The molecule has 29 heavy (non-hydrogen) atoms. The number of allylic oxidation sites excluding steroid dienone is 2. The molecule has 0 bridgehead atoms. The van der Waals surface area contributed by atoms with Crippen molar-refractivity contribution in [3.05, 3.63) is 36.1 Å². The Balaban J connectivity index is 2.55. The van der Waals surface area contributed by atoms with Gasteiger partial charge in [-0.25, -0.2) is 9.59 Å². The minimum absolute atomic E-state index is 0.140. The van der Waals surface area contributed by atoms with E-state index >= 15 is 0 Å². The van der Waals surface area contributed by atoms with Crippen molar-refractivity contribution in [2.75, 3.05) is 45.4 Å². The fraction of sp³-hybridized carbons (Fsp3) is 0.550. The lowest BCUT2D eigenvalue weighted by Crippen LogP contribution is -2.35. The molecule has 0 radical (unpaired) electrons. The standard InChI is InChI=1S/C20H29NO7S/c1-5-26-17(23)13-25-11-12-28-16(9-10-22)8-7-15(3)18-21-20(4,14-29-18)19(24)27-6-2/h7-9,22H,3,5-6,10-14H2,1-2,4H3/b8-7-,16-9+/t20-/m1/s1. The molecule has 1 aliphatic rings. The summed E-state index contributed by atoms with van der Waals surface area (Å²) in [7, 11) is 0.